The first-order valence-corrected chi connectivity index (χ1v) is 13.5. The number of carbonyl (C=O) groups is 2. The predicted octanol–water partition coefficient (Wildman–Crippen LogP) is 5.34. The van der Waals surface area contributed by atoms with Crippen LogP contribution in [0.15, 0.2) is 96.1 Å². The molecule has 3 aromatic carbocycles. The SMILES string of the molecule is Cl.O.O=C1/C(=C\c2ccccc2)CN(C(=O)c2ccc(OCCN3CCCCC3)cc2)C/C1=C\c1ccccc1. The first-order valence-electron chi connectivity index (χ1n) is 13.5. The van der Waals surface area contributed by atoms with E-state index in [1.807, 2.05) is 97.1 Å². The summed E-state index contributed by atoms with van der Waals surface area (Å²) in [5.74, 6) is 0.649. The molecule has 1 amide bonds. The molecule has 6 nitrogen and oxygen atoms in total. The molecular weight excluding hydrogens is 524 g/mol. The van der Waals surface area contributed by atoms with E-state index in [9.17, 15) is 9.59 Å². The second kappa shape index (κ2) is 15.2. The molecule has 40 heavy (non-hydrogen) atoms. The number of hydrogen-bond donors (Lipinski definition) is 0. The molecule has 0 radical (unpaired) electrons. The van der Waals surface area contributed by atoms with Crippen LogP contribution in [0.2, 0.25) is 0 Å². The highest BCUT2D eigenvalue weighted by molar-refractivity contribution is 6.15. The van der Waals surface area contributed by atoms with Crippen molar-refractivity contribution in [3.63, 3.8) is 0 Å². The van der Waals surface area contributed by atoms with Crippen LogP contribution in [-0.4, -0.2) is 66.3 Å². The number of Topliss-reactive ketones (excluding diaryl/α,β-unsaturated/α-hetero) is 1. The van der Waals surface area contributed by atoms with Crippen molar-refractivity contribution >= 4 is 36.2 Å². The normalized spacial score (nSPS) is 17.7. The molecule has 2 saturated heterocycles. The van der Waals surface area contributed by atoms with Crippen LogP contribution in [-0.2, 0) is 4.79 Å². The van der Waals surface area contributed by atoms with Gasteiger partial charge in [-0.1, -0.05) is 67.1 Å². The monoisotopic (exact) mass is 560 g/mol. The minimum absolute atomic E-state index is 0. The molecule has 2 aliphatic heterocycles. The molecule has 2 fully saturated rings. The predicted molar refractivity (Wildman–Crippen MR) is 163 cm³/mol. The van der Waals surface area contributed by atoms with Crippen molar-refractivity contribution in [2.45, 2.75) is 19.3 Å². The number of ether oxygens (including phenoxy) is 1. The minimum Gasteiger partial charge on any atom is -0.492 e. The molecule has 3 aromatic rings. The Labute approximate surface area is 242 Å². The molecule has 0 saturated carbocycles. The molecule has 0 bridgehead atoms. The van der Waals surface area contributed by atoms with Gasteiger partial charge in [-0.25, -0.2) is 0 Å². The second-order valence-electron chi connectivity index (χ2n) is 9.93. The summed E-state index contributed by atoms with van der Waals surface area (Å²) >= 11 is 0. The standard InChI is InChI=1S/C33H34N2O3.ClH.H2O/c36-32-29(22-26-10-4-1-5-11-26)24-35(25-30(32)23-27-12-6-2-7-13-27)33(37)28-14-16-31(17-15-28)38-21-20-34-18-8-3-9-19-34;;/h1-2,4-7,10-17,22-23H,3,8-9,18-21,24-25H2;1H;1H2/b29-22-,30-23+;;. The topological polar surface area (TPSA) is 81.3 Å². The van der Waals surface area contributed by atoms with Gasteiger partial charge in [-0.2, -0.15) is 0 Å². The van der Waals surface area contributed by atoms with E-state index in [0.29, 0.717) is 23.3 Å². The van der Waals surface area contributed by atoms with Crippen LogP contribution in [0.3, 0.4) is 0 Å². The van der Waals surface area contributed by atoms with Gasteiger partial charge in [-0.05, 0) is 73.5 Å². The van der Waals surface area contributed by atoms with Crippen molar-refractivity contribution in [2.75, 3.05) is 39.3 Å². The first-order chi connectivity index (χ1) is 18.7. The van der Waals surface area contributed by atoms with Gasteiger partial charge in [0.1, 0.15) is 12.4 Å². The van der Waals surface area contributed by atoms with Gasteiger partial charge in [0.2, 0.25) is 0 Å². The van der Waals surface area contributed by atoms with E-state index in [-0.39, 0.29) is 42.7 Å². The number of rotatable bonds is 7. The summed E-state index contributed by atoms with van der Waals surface area (Å²) in [4.78, 5) is 31.1. The summed E-state index contributed by atoms with van der Waals surface area (Å²) in [6.45, 7) is 4.41. The maximum atomic E-state index is 13.5. The molecule has 0 unspecified atom stereocenters. The van der Waals surface area contributed by atoms with Crippen LogP contribution in [0.25, 0.3) is 12.2 Å². The highest BCUT2D eigenvalue weighted by atomic mass is 35.5. The molecule has 2 aliphatic rings. The quantitative estimate of drug-likeness (QED) is 0.365. The number of amides is 1. The van der Waals surface area contributed by atoms with Gasteiger partial charge in [0, 0.05) is 23.3 Å². The maximum absolute atomic E-state index is 13.5. The van der Waals surface area contributed by atoms with E-state index in [4.69, 9.17) is 4.74 Å². The summed E-state index contributed by atoms with van der Waals surface area (Å²) in [5, 5.41) is 0. The fraction of sp³-hybridized carbons (Fsp3) is 0.273. The molecule has 0 spiro atoms. The van der Waals surface area contributed by atoms with E-state index in [2.05, 4.69) is 4.90 Å². The van der Waals surface area contributed by atoms with Gasteiger partial charge in [-0.3, -0.25) is 14.5 Å². The number of nitrogens with zero attached hydrogens (tertiary/aromatic N) is 2. The van der Waals surface area contributed by atoms with Crippen LogP contribution in [0, 0.1) is 0 Å². The van der Waals surface area contributed by atoms with Crippen LogP contribution in [0.1, 0.15) is 40.7 Å². The lowest BCUT2D eigenvalue weighted by atomic mass is 9.93. The third-order valence-electron chi connectivity index (χ3n) is 7.10. The number of carbonyl (C=O) groups excluding carboxylic acids is 2. The van der Waals surface area contributed by atoms with E-state index in [1.54, 1.807) is 4.90 Å². The van der Waals surface area contributed by atoms with Crippen molar-refractivity contribution in [3.8, 4) is 5.75 Å². The Bertz CT molecular complexity index is 1240. The summed E-state index contributed by atoms with van der Waals surface area (Å²) in [6.07, 6.45) is 7.64. The molecule has 0 atom stereocenters. The number of likely N-dealkylation sites (tertiary alicyclic amines) is 2. The Kier molecular flexibility index (Phi) is 11.7. The smallest absolute Gasteiger partial charge is 0.254 e. The molecule has 7 heteroatoms. The zero-order valence-electron chi connectivity index (χ0n) is 22.6. The maximum Gasteiger partial charge on any atom is 0.254 e. The largest absolute Gasteiger partial charge is 0.492 e. The average Bonchev–Trinajstić information content (AvgIpc) is 2.97. The van der Waals surface area contributed by atoms with Crippen LogP contribution in [0.4, 0.5) is 0 Å². The van der Waals surface area contributed by atoms with Gasteiger partial charge < -0.3 is 15.1 Å². The Balaban J connectivity index is 0.00000220. The van der Waals surface area contributed by atoms with Crippen molar-refractivity contribution in [1.29, 1.82) is 0 Å². The van der Waals surface area contributed by atoms with E-state index in [0.717, 1.165) is 36.5 Å². The zero-order valence-corrected chi connectivity index (χ0v) is 23.4. The lowest BCUT2D eigenvalue weighted by molar-refractivity contribution is -0.113. The van der Waals surface area contributed by atoms with E-state index >= 15 is 0 Å². The number of piperidine rings is 2. The Morgan fingerprint density at radius 3 is 1.80 bits per heavy atom. The first kappa shape index (κ1) is 30.8. The molecule has 210 valence electrons. The Morgan fingerprint density at radius 2 is 1.27 bits per heavy atom. The lowest BCUT2D eigenvalue weighted by Gasteiger charge is -2.30. The van der Waals surface area contributed by atoms with E-state index < -0.39 is 0 Å². The third-order valence-corrected chi connectivity index (χ3v) is 7.10. The molecule has 2 heterocycles. The second-order valence-corrected chi connectivity index (χ2v) is 9.93. The van der Waals surface area contributed by atoms with Crippen molar-refractivity contribution in [1.82, 2.24) is 9.80 Å². The van der Waals surface area contributed by atoms with E-state index in [1.165, 1.54) is 19.3 Å². The van der Waals surface area contributed by atoms with Gasteiger partial charge >= 0.3 is 0 Å². The zero-order chi connectivity index (χ0) is 26.2. The van der Waals surface area contributed by atoms with Gasteiger partial charge in [-0.15, -0.1) is 12.4 Å². The third kappa shape index (κ3) is 8.15. The van der Waals surface area contributed by atoms with Crippen LogP contribution in [0.5, 0.6) is 5.75 Å². The Hall–Kier alpha value is -3.71. The van der Waals surface area contributed by atoms with Crippen molar-refractivity contribution < 1.29 is 19.8 Å². The molecule has 2 N–H and O–H groups in total. The minimum atomic E-state index is -0.102. The summed E-state index contributed by atoms with van der Waals surface area (Å²) in [7, 11) is 0. The highest BCUT2D eigenvalue weighted by Crippen LogP contribution is 2.24. The number of halogens is 1. The summed E-state index contributed by atoms with van der Waals surface area (Å²) in [6, 6.07) is 26.9. The Morgan fingerprint density at radius 1 is 0.750 bits per heavy atom. The fourth-order valence-corrected chi connectivity index (χ4v) is 5.04. The molecule has 5 rings (SSSR count). The number of ketones is 1. The van der Waals surface area contributed by atoms with Crippen LogP contribution >= 0.6 is 12.4 Å². The van der Waals surface area contributed by atoms with Crippen LogP contribution < -0.4 is 4.74 Å². The van der Waals surface area contributed by atoms with Crippen molar-refractivity contribution in [2.24, 2.45) is 0 Å². The lowest BCUT2D eigenvalue weighted by Crippen LogP contribution is -2.41. The summed E-state index contributed by atoms with van der Waals surface area (Å²) in [5.41, 5.74) is 3.68. The highest BCUT2D eigenvalue weighted by Gasteiger charge is 2.29. The number of benzene rings is 3. The van der Waals surface area contributed by atoms with Crippen molar-refractivity contribution in [3.05, 3.63) is 113 Å². The van der Waals surface area contributed by atoms with Gasteiger partial charge in [0.15, 0.2) is 5.78 Å². The molecular formula is C33H37ClN2O4. The molecule has 0 aliphatic carbocycles. The number of hydrogen-bond acceptors (Lipinski definition) is 4. The summed E-state index contributed by atoms with van der Waals surface area (Å²) < 4.78 is 5.94. The molecule has 0 aromatic heterocycles. The van der Waals surface area contributed by atoms with Gasteiger partial charge in [0.25, 0.3) is 5.91 Å². The average molecular weight is 561 g/mol. The fourth-order valence-electron chi connectivity index (χ4n) is 5.04. The van der Waals surface area contributed by atoms with Gasteiger partial charge in [0.05, 0.1) is 13.1 Å².